The number of cyclic esters (lactones) is 1. The van der Waals surface area contributed by atoms with Gasteiger partial charge in [-0.3, -0.25) is 4.90 Å². The Morgan fingerprint density at radius 1 is 1.00 bits per heavy atom. The summed E-state index contributed by atoms with van der Waals surface area (Å²) in [4.78, 5) is 14.0. The van der Waals surface area contributed by atoms with Crippen LogP contribution >= 0.6 is 0 Å². The van der Waals surface area contributed by atoms with Crippen molar-refractivity contribution < 1.29 is 19.0 Å². The second-order valence-electron chi connectivity index (χ2n) is 7.97. The Bertz CT molecular complexity index is 808. The highest BCUT2D eigenvalue weighted by atomic mass is 16.6. The summed E-state index contributed by atoms with van der Waals surface area (Å²) in [6, 6.07) is 17.7. The van der Waals surface area contributed by atoms with Crippen LogP contribution in [-0.2, 0) is 11.3 Å². The Morgan fingerprint density at radius 3 is 2.57 bits per heavy atom. The number of amides is 1. The lowest BCUT2D eigenvalue weighted by Crippen LogP contribution is -2.39. The second kappa shape index (κ2) is 10.3. The predicted octanol–water partition coefficient (Wildman–Crippen LogP) is 3.85. The molecule has 2 saturated heterocycles. The molecule has 2 fully saturated rings. The van der Waals surface area contributed by atoms with E-state index in [2.05, 4.69) is 5.32 Å². The van der Waals surface area contributed by atoms with E-state index in [0.717, 1.165) is 43.1 Å². The van der Waals surface area contributed by atoms with Crippen molar-refractivity contribution in [2.45, 2.75) is 31.9 Å². The number of benzene rings is 2. The van der Waals surface area contributed by atoms with Gasteiger partial charge in [-0.15, -0.1) is 0 Å². The van der Waals surface area contributed by atoms with Crippen molar-refractivity contribution in [3.05, 3.63) is 60.2 Å². The van der Waals surface area contributed by atoms with Crippen LogP contribution in [0.5, 0.6) is 11.5 Å². The minimum atomic E-state index is -0.225. The van der Waals surface area contributed by atoms with Crippen LogP contribution in [-0.4, -0.2) is 49.9 Å². The molecule has 6 nitrogen and oxygen atoms in total. The second-order valence-corrected chi connectivity index (χ2v) is 7.97. The molecule has 0 unspecified atom stereocenters. The van der Waals surface area contributed by atoms with Crippen molar-refractivity contribution in [2.75, 3.05) is 32.8 Å². The molecule has 160 valence electrons. The molecule has 0 radical (unpaired) electrons. The number of hydrogen-bond donors (Lipinski definition) is 1. The van der Waals surface area contributed by atoms with Gasteiger partial charge in [-0.2, -0.15) is 0 Å². The molecular formula is C24H30N2O4. The summed E-state index contributed by atoms with van der Waals surface area (Å²) in [5.74, 6) is 2.18. The zero-order chi connectivity index (χ0) is 20.6. The molecule has 1 N–H and O–H groups in total. The van der Waals surface area contributed by atoms with Crippen LogP contribution in [0.15, 0.2) is 54.6 Å². The van der Waals surface area contributed by atoms with Crippen LogP contribution < -0.4 is 14.8 Å². The molecule has 6 heteroatoms. The minimum absolute atomic E-state index is 0.0480. The number of ether oxygens (including phenoxy) is 3. The van der Waals surface area contributed by atoms with Gasteiger partial charge in [0.1, 0.15) is 37.4 Å². The molecule has 4 rings (SSSR count). The van der Waals surface area contributed by atoms with Crippen molar-refractivity contribution in [1.82, 2.24) is 10.2 Å². The van der Waals surface area contributed by atoms with Crippen molar-refractivity contribution >= 4 is 6.09 Å². The molecule has 1 atom stereocenters. The largest absolute Gasteiger partial charge is 0.491 e. The lowest BCUT2D eigenvalue weighted by atomic mass is 9.94. The van der Waals surface area contributed by atoms with Gasteiger partial charge in [0.2, 0.25) is 0 Å². The number of hydrogen-bond acceptors (Lipinski definition) is 5. The molecular weight excluding hydrogens is 380 g/mol. The fraction of sp³-hybridized carbons (Fsp3) is 0.458. The molecule has 1 amide bonds. The Kier molecular flexibility index (Phi) is 7.08. The third-order valence-electron chi connectivity index (χ3n) is 5.81. The SMILES string of the molecule is O=C1OC[C@@H](COc2cccc(OCc3ccccc3)c2)N1CCC1CCNCC1. The molecule has 0 aliphatic carbocycles. The number of rotatable bonds is 9. The predicted molar refractivity (Wildman–Crippen MR) is 115 cm³/mol. The third-order valence-corrected chi connectivity index (χ3v) is 5.81. The first kappa shape index (κ1) is 20.5. The highest BCUT2D eigenvalue weighted by Crippen LogP contribution is 2.23. The van der Waals surface area contributed by atoms with Gasteiger partial charge in [0.25, 0.3) is 0 Å². The molecule has 30 heavy (non-hydrogen) atoms. The molecule has 0 bridgehead atoms. The molecule has 0 saturated carbocycles. The first-order valence-corrected chi connectivity index (χ1v) is 10.8. The normalized spacial score (nSPS) is 19.5. The van der Waals surface area contributed by atoms with Gasteiger partial charge in [-0.05, 0) is 56.0 Å². The van der Waals surface area contributed by atoms with Crippen molar-refractivity contribution in [3.63, 3.8) is 0 Å². The van der Waals surface area contributed by atoms with Crippen LogP contribution in [0.3, 0.4) is 0 Å². The highest BCUT2D eigenvalue weighted by molar-refractivity contribution is 5.70. The summed E-state index contributed by atoms with van der Waals surface area (Å²) in [5.41, 5.74) is 1.12. The Morgan fingerprint density at radius 2 is 1.77 bits per heavy atom. The van der Waals surface area contributed by atoms with Crippen LogP contribution in [0, 0.1) is 5.92 Å². The maximum absolute atomic E-state index is 12.2. The molecule has 0 aromatic heterocycles. The summed E-state index contributed by atoms with van der Waals surface area (Å²) < 4.78 is 17.2. The van der Waals surface area contributed by atoms with Crippen molar-refractivity contribution in [3.8, 4) is 11.5 Å². The highest BCUT2D eigenvalue weighted by Gasteiger charge is 2.33. The maximum Gasteiger partial charge on any atom is 0.410 e. The topological polar surface area (TPSA) is 60.0 Å². The van der Waals surface area contributed by atoms with E-state index in [4.69, 9.17) is 14.2 Å². The average Bonchev–Trinajstić information content (AvgIpc) is 3.16. The fourth-order valence-corrected chi connectivity index (χ4v) is 3.98. The van der Waals surface area contributed by atoms with E-state index in [1.54, 1.807) is 0 Å². The quantitative estimate of drug-likeness (QED) is 0.680. The van der Waals surface area contributed by atoms with Gasteiger partial charge >= 0.3 is 6.09 Å². The van der Waals surface area contributed by atoms with E-state index < -0.39 is 0 Å². The van der Waals surface area contributed by atoms with Crippen LogP contribution in [0.1, 0.15) is 24.8 Å². The number of carbonyl (C=O) groups excluding carboxylic acids is 1. The lowest BCUT2D eigenvalue weighted by Gasteiger charge is -2.26. The Balaban J connectivity index is 1.27. The first-order valence-electron chi connectivity index (χ1n) is 10.8. The monoisotopic (exact) mass is 410 g/mol. The molecule has 2 aromatic rings. The summed E-state index contributed by atoms with van der Waals surface area (Å²) in [5, 5.41) is 3.39. The van der Waals surface area contributed by atoms with Gasteiger partial charge in [0.05, 0.1) is 0 Å². The van der Waals surface area contributed by atoms with Gasteiger partial charge in [-0.1, -0.05) is 36.4 Å². The molecule has 2 aliphatic heterocycles. The summed E-state index contributed by atoms with van der Waals surface area (Å²) in [6.45, 7) is 4.20. The summed E-state index contributed by atoms with van der Waals surface area (Å²) in [6.07, 6.45) is 3.16. The first-order chi connectivity index (χ1) is 14.8. The Labute approximate surface area is 178 Å². The van der Waals surface area contributed by atoms with E-state index in [1.807, 2.05) is 59.5 Å². The number of carbonyl (C=O) groups is 1. The van der Waals surface area contributed by atoms with E-state index in [-0.39, 0.29) is 12.1 Å². The maximum atomic E-state index is 12.2. The fourth-order valence-electron chi connectivity index (χ4n) is 3.98. The van der Waals surface area contributed by atoms with Gasteiger partial charge < -0.3 is 19.5 Å². The molecule has 2 aliphatic rings. The van der Waals surface area contributed by atoms with Crippen molar-refractivity contribution in [1.29, 1.82) is 0 Å². The zero-order valence-corrected chi connectivity index (χ0v) is 17.3. The number of nitrogens with one attached hydrogen (secondary N) is 1. The van der Waals surface area contributed by atoms with Gasteiger partial charge in [0, 0.05) is 12.6 Å². The van der Waals surface area contributed by atoms with Crippen LogP contribution in [0.25, 0.3) is 0 Å². The van der Waals surface area contributed by atoms with Gasteiger partial charge in [0.15, 0.2) is 0 Å². The Hall–Kier alpha value is -2.73. The third kappa shape index (κ3) is 5.66. The van der Waals surface area contributed by atoms with E-state index in [0.29, 0.717) is 25.7 Å². The standard InChI is InChI=1S/C24H30N2O4/c27-24-26(14-11-19-9-12-25-13-10-19)21(18-30-24)17-29-23-8-4-7-22(15-23)28-16-20-5-2-1-3-6-20/h1-8,15,19,21,25H,9-14,16-18H2/t21-/m1/s1. The molecule has 2 heterocycles. The summed E-state index contributed by atoms with van der Waals surface area (Å²) in [7, 11) is 0. The van der Waals surface area contributed by atoms with Crippen LogP contribution in [0.4, 0.5) is 4.79 Å². The zero-order valence-electron chi connectivity index (χ0n) is 17.3. The molecule has 2 aromatic carbocycles. The smallest absolute Gasteiger partial charge is 0.410 e. The van der Waals surface area contributed by atoms with E-state index in [9.17, 15) is 4.79 Å². The van der Waals surface area contributed by atoms with Crippen molar-refractivity contribution in [2.24, 2.45) is 5.92 Å². The van der Waals surface area contributed by atoms with E-state index >= 15 is 0 Å². The number of nitrogens with zero attached hydrogens (tertiary/aromatic N) is 1. The van der Waals surface area contributed by atoms with E-state index in [1.165, 1.54) is 12.8 Å². The summed E-state index contributed by atoms with van der Waals surface area (Å²) >= 11 is 0. The average molecular weight is 411 g/mol. The number of piperidine rings is 1. The van der Waals surface area contributed by atoms with Gasteiger partial charge in [-0.25, -0.2) is 4.79 Å². The lowest BCUT2D eigenvalue weighted by molar-refractivity contribution is 0.151. The molecule has 0 spiro atoms. The minimum Gasteiger partial charge on any atom is -0.491 e. The van der Waals surface area contributed by atoms with Crippen LogP contribution in [0.2, 0.25) is 0 Å².